The molecule has 0 unspecified atom stereocenters. The number of halogens is 3. The predicted molar refractivity (Wildman–Crippen MR) is 67.8 cm³/mol. The van der Waals surface area contributed by atoms with Gasteiger partial charge < -0.3 is 11.5 Å². The lowest BCUT2D eigenvalue weighted by Gasteiger charge is -2.15. The van der Waals surface area contributed by atoms with E-state index in [9.17, 15) is 26.4 Å². The van der Waals surface area contributed by atoms with Crippen LogP contribution >= 0.6 is 0 Å². The number of nitrogens with zero attached hydrogens (tertiary/aromatic N) is 2. The summed E-state index contributed by atoms with van der Waals surface area (Å²) in [4.78, 5) is 10.5. The monoisotopic (exact) mass is 322 g/mol. The summed E-state index contributed by atoms with van der Waals surface area (Å²) in [5.74, 6) is -0.503. The van der Waals surface area contributed by atoms with Crippen molar-refractivity contribution in [2.24, 2.45) is 10.8 Å². The number of hydrogen-bond acceptors (Lipinski definition) is 6. The van der Waals surface area contributed by atoms with Crippen LogP contribution in [-0.2, 0) is 14.6 Å². The molecule has 0 aromatic heterocycles. The van der Waals surface area contributed by atoms with E-state index in [1.165, 1.54) is 0 Å². The van der Waals surface area contributed by atoms with Crippen LogP contribution in [0.15, 0.2) is 28.2 Å². The van der Waals surface area contributed by atoms with Gasteiger partial charge in [-0.3, -0.25) is 4.79 Å². The third-order valence-corrected chi connectivity index (χ3v) is 4.12. The number of rotatable bonds is 2. The molecular formula is C10H9F3N4O3S. The van der Waals surface area contributed by atoms with E-state index in [4.69, 9.17) is 11.5 Å². The highest BCUT2D eigenvalue weighted by Crippen LogP contribution is 2.34. The number of sulfone groups is 1. The molecule has 21 heavy (non-hydrogen) atoms. The number of nitrogens with two attached hydrogens (primary N) is 2. The molecule has 0 saturated carbocycles. The molecule has 0 spiro atoms. The van der Waals surface area contributed by atoms with Gasteiger partial charge in [-0.25, -0.2) is 8.42 Å². The Labute approximate surface area is 116 Å². The molecule has 1 heterocycles. The summed E-state index contributed by atoms with van der Waals surface area (Å²) in [7, 11) is -5.51. The molecular weight excluding hydrogens is 313 g/mol. The molecule has 0 atom stereocenters. The lowest BCUT2D eigenvalue weighted by Crippen LogP contribution is -2.24. The molecule has 1 aliphatic heterocycles. The van der Waals surface area contributed by atoms with Crippen LogP contribution in [0.2, 0.25) is 0 Å². The van der Waals surface area contributed by atoms with Crippen molar-refractivity contribution in [3.63, 3.8) is 0 Å². The summed E-state index contributed by atoms with van der Waals surface area (Å²) < 4.78 is 59.8. The van der Waals surface area contributed by atoms with Gasteiger partial charge in [-0.05, 0) is 18.2 Å². The van der Waals surface area contributed by atoms with Gasteiger partial charge in [-0.15, -0.1) is 0 Å². The van der Waals surface area contributed by atoms with Crippen molar-refractivity contribution in [1.82, 2.24) is 0 Å². The Bertz CT molecular complexity index is 742. The minimum atomic E-state index is -5.51. The van der Waals surface area contributed by atoms with Crippen LogP contribution in [-0.4, -0.2) is 25.7 Å². The number of amidine groups is 1. The summed E-state index contributed by atoms with van der Waals surface area (Å²) in [6.45, 7) is 0. The molecule has 1 aliphatic rings. The zero-order chi connectivity index (χ0) is 16.0. The number of amides is 1. The van der Waals surface area contributed by atoms with Crippen LogP contribution in [0.1, 0.15) is 6.42 Å². The second kappa shape index (κ2) is 4.62. The van der Waals surface area contributed by atoms with Crippen molar-refractivity contribution in [2.45, 2.75) is 16.8 Å². The van der Waals surface area contributed by atoms with Gasteiger partial charge in [0.05, 0.1) is 22.7 Å². The molecule has 0 radical (unpaired) electrons. The molecule has 1 aromatic carbocycles. The first-order valence-corrected chi connectivity index (χ1v) is 6.89. The fraction of sp³-hybridized carbons (Fsp3) is 0.200. The Morgan fingerprint density at radius 1 is 1.24 bits per heavy atom. The largest absolute Gasteiger partial charge is 0.501 e. The summed E-state index contributed by atoms with van der Waals surface area (Å²) in [6.07, 6.45) is -0.151. The Hall–Kier alpha value is -2.30. The Morgan fingerprint density at radius 3 is 2.29 bits per heavy atom. The number of carbonyl (C=O) groups excluding carboxylic acids is 1. The molecule has 114 valence electrons. The van der Waals surface area contributed by atoms with Gasteiger partial charge in [0.15, 0.2) is 0 Å². The number of hydrogen-bond donors (Lipinski definition) is 2. The number of anilines is 2. The summed E-state index contributed by atoms with van der Waals surface area (Å²) >= 11 is 0. The van der Waals surface area contributed by atoms with E-state index >= 15 is 0 Å². The van der Waals surface area contributed by atoms with Crippen molar-refractivity contribution < 1.29 is 26.4 Å². The lowest BCUT2D eigenvalue weighted by molar-refractivity contribution is -0.116. The quantitative estimate of drug-likeness (QED) is 0.772. The normalized spacial score (nSPS) is 16.2. The van der Waals surface area contributed by atoms with Gasteiger partial charge in [0, 0.05) is 0 Å². The Balaban J connectivity index is 2.47. The van der Waals surface area contributed by atoms with Gasteiger partial charge >= 0.3 is 5.51 Å². The van der Waals surface area contributed by atoms with Gasteiger partial charge in [0.2, 0.25) is 0 Å². The Morgan fingerprint density at radius 2 is 1.86 bits per heavy atom. The van der Waals surface area contributed by atoms with Crippen LogP contribution in [0.4, 0.5) is 24.5 Å². The van der Waals surface area contributed by atoms with Crippen molar-refractivity contribution in [2.75, 3.05) is 10.7 Å². The fourth-order valence-corrected chi connectivity index (χ4v) is 2.46. The SMILES string of the molecule is NC1=NN(c2ccc(S(=O)(=O)C(F)(F)F)cc2N)C(=O)C1. The molecule has 2 rings (SSSR count). The van der Waals surface area contributed by atoms with E-state index in [1.807, 2.05) is 0 Å². The van der Waals surface area contributed by atoms with Gasteiger partial charge in [0.25, 0.3) is 15.7 Å². The molecule has 1 aromatic rings. The third kappa shape index (κ3) is 2.51. The highest BCUT2D eigenvalue weighted by atomic mass is 32.2. The van der Waals surface area contributed by atoms with Gasteiger partial charge in [-0.1, -0.05) is 0 Å². The standard InChI is InChI=1S/C10H9F3N4O3S/c11-10(12,13)21(19,20)5-1-2-7(6(14)3-5)17-9(18)4-8(15)16-17/h1-3H,4,14H2,(H2,15,16). The van der Waals surface area contributed by atoms with Gasteiger partial charge in [0.1, 0.15) is 5.84 Å². The summed E-state index contributed by atoms with van der Waals surface area (Å²) in [5, 5.41) is 4.48. The van der Waals surface area contributed by atoms with Crippen molar-refractivity contribution >= 4 is 33.0 Å². The molecule has 7 nitrogen and oxygen atoms in total. The number of alkyl halides is 3. The maximum absolute atomic E-state index is 12.4. The first-order valence-electron chi connectivity index (χ1n) is 5.41. The van der Waals surface area contributed by atoms with Crippen molar-refractivity contribution in [3.05, 3.63) is 18.2 Å². The van der Waals surface area contributed by atoms with Crippen LogP contribution in [0.3, 0.4) is 0 Å². The molecule has 0 aliphatic carbocycles. The van der Waals surface area contributed by atoms with Crippen LogP contribution in [0, 0.1) is 0 Å². The van der Waals surface area contributed by atoms with E-state index < -0.39 is 26.1 Å². The van der Waals surface area contributed by atoms with Crippen molar-refractivity contribution in [3.8, 4) is 0 Å². The maximum atomic E-state index is 12.4. The molecule has 0 fully saturated rings. The zero-order valence-electron chi connectivity index (χ0n) is 10.3. The highest BCUT2D eigenvalue weighted by Gasteiger charge is 2.47. The highest BCUT2D eigenvalue weighted by molar-refractivity contribution is 7.92. The van der Waals surface area contributed by atoms with E-state index in [1.54, 1.807) is 0 Å². The second-order valence-electron chi connectivity index (χ2n) is 4.14. The van der Waals surface area contributed by atoms with Gasteiger partial charge in [-0.2, -0.15) is 23.3 Å². The third-order valence-electron chi connectivity index (χ3n) is 2.64. The zero-order valence-corrected chi connectivity index (χ0v) is 11.1. The first-order chi connectivity index (χ1) is 9.54. The molecule has 0 bridgehead atoms. The van der Waals surface area contributed by atoms with Crippen LogP contribution in [0.25, 0.3) is 0 Å². The van der Waals surface area contributed by atoms with E-state index in [0.29, 0.717) is 12.1 Å². The smallest absolute Gasteiger partial charge is 0.397 e. The van der Waals surface area contributed by atoms with Crippen molar-refractivity contribution in [1.29, 1.82) is 0 Å². The minimum absolute atomic E-state index is 0.0198. The number of nitrogen functional groups attached to an aromatic ring is 1. The molecule has 0 saturated heterocycles. The lowest BCUT2D eigenvalue weighted by atomic mass is 10.2. The van der Waals surface area contributed by atoms with Crippen LogP contribution < -0.4 is 16.5 Å². The fourth-order valence-electron chi connectivity index (χ4n) is 1.66. The average molecular weight is 322 g/mol. The van der Waals surface area contributed by atoms with E-state index in [2.05, 4.69) is 5.10 Å². The maximum Gasteiger partial charge on any atom is 0.501 e. The van der Waals surface area contributed by atoms with Crippen LogP contribution in [0.5, 0.6) is 0 Å². The molecule has 11 heteroatoms. The van der Waals surface area contributed by atoms with E-state index in [-0.39, 0.29) is 23.6 Å². The number of benzene rings is 1. The summed E-state index contributed by atoms with van der Waals surface area (Å²) in [5.41, 5.74) is 5.06. The predicted octanol–water partition coefficient (Wildman–Crippen LogP) is 0.571. The topological polar surface area (TPSA) is 119 Å². The Kier molecular flexibility index (Phi) is 3.32. The average Bonchev–Trinajstić information content (AvgIpc) is 2.66. The number of hydrazone groups is 1. The van der Waals surface area contributed by atoms with E-state index in [0.717, 1.165) is 11.1 Å². The first kappa shape index (κ1) is 15.1. The molecule has 1 amide bonds. The molecule has 4 N–H and O–H groups in total. The summed E-state index contributed by atoms with van der Waals surface area (Å²) in [6, 6.07) is 2.29. The number of carbonyl (C=O) groups is 1. The second-order valence-corrected chi connectivity index (χ2v) is 6.08. The minimum Gasteiger partial charge on any atom is -0.397 e.